The third kappa shape index (κ3) is 4.13. The second-order valence-corrected chi connectivity index (χ2v) is 5.27. The summed E-state index contributed by atoms with van der Waals surface area (Å²) in [5.74, 6) is 0.727. The highest BCUT2D eigenvalue weighted by Crippen LogP contribution is 2.09. The van der Waals surface area contributed by atoms with E-state index in [0.29, 0.717) is 0 Å². The number of aryl methyl sites for hydroxylation is 1. The van der Waals surface area contributed by atoms with E-state index in [1.165, 1.54) is 38.0 Å². The Morgan fingerprint density at radius 1 is 1.41 bits per heavy atom. The first-order chi connectivity index (χ1) is 8.24. The van der Waals surface area contributed by atoms with Gasteiger partial charge in [-0.3, -0.25) is 4.68 Å². The minimum Gasteiger partial charge on any atom is -0.312 e. The first-order valence-electron chi connectivity index (χ1n) is 6.64. The molecule has 2 rings (SSSR count). The molecule has 1 fully saturated rings. The fourth-order valence-electron chi connectivity index (χ4n) is 2.50. The third-order valence-electron chi connectivity index (χ3n) is 3.35. The summed E-state index contributed by atoms with van der Waals surface area (Å²) in [7, 11) is 1.96. The van der Waals surface area contributed by atoms with Gasteiger partial charge in [-0.25, -0.2) is 0 Å². The second kappa shape index (κ2) is 6.17. The fourth-order valence-corrected chi connectivity index (χ4v) is 2.50. The van der Waals surface area contributed by atoms with Gasteiger partial charge in [-0.2, -0.15) is 5.10 Å². The Hall–Kier alpha value is -0.870. The van der Waals surface area contributed by atoms with Crippen LogP contribution in [0, 0.1) is 5.92 Å². The molecule has 1 aromatic rings. The van der Waals surface area contributed by atoms with Gasteiger partial charge in [0, 0.05) is 31.9 Å². The lowest BCUT2D eigenvalue weighted by Crippen LogP contribution is -2.31. The molecule has 0 radical (unpaired) electrons. The highest BCUT2D eigenvalue weighted by Gasteiger charge is 2.14. The molecule has 1 saturated heterocycles. The zero-order chi connectivity index (χ0) is 12.1. The zero-order valence-electron chi connectivity index (χ0n) is 11.0. The van der Waals surface area contributed by atoms with Crippen molar-refractivity contribution >= 4 is 0 Å². The lowest BCUT2D eigenvalue weighted by Gasteiger charge is -2.20. The number of likely N-dealkylation sites (tertiary alicyclic amines) is 1. The van der Waals surface area contributed by atoms with E-state index in [0.717, 1.165) is 19.0 Å². The van der Waals surface area contributed by atoms with E-state index in [-0.39, 0.29) is 0 Å². The molecular weight excluding hydrogens is 212 g/mol. The second-order valence-electron chi connectivity index (χ2n) is 5.27. The van der Waals surface area contributed by atoms with E-state index in [1.807, 2.05) is 17.9 Å². The molecule has 96 valence electrons. The van der Waals surface area contributed by atoms with Crippen LogP contribution in [-0.4, -0.2) is 40.9 Å². The van der Waals surface area contributed by atoms with Crippen molar-refractivity contribution in [3.8, 4) is 0 Å². The van der Waals surface area contributed by atoms with E-state index < -0.39 is 0 Å². The summed E-state index contributed by atoms with van der Waals surface area (Å²) in [6.45, 7) is 8.18. The van der Waals surface area contributed by atoms with Gasteiger partial charge in [-0.05, 0) is 38.4 Å². The van der Waals surface area contributed by atoms with Crippen LogP contribution in [0.1, 0.15) is 25.3 Å². The van der Waals surface area contributed by atoms with Gasteiger partial charge in [0.15, 0.2) is 0 Å². The molecule has 2 heterocycles. The molecule has 0 spiro atoms. The molecule has 1 unspecified atom stereocenters. The van der Waals surface area contributed by atoms with Gasteiger partial charge in [0.1, 0.15) is 0 Å². The van der Waals surface area contributed by atoms with Gasteiger partial charge in [-0.1, -0.05) is 6.92 Å². The lowest BCUT2D eigenvalue weighted by atomic mass is 10.1. The largest absolute Gasteiger partial charge is 0.312 e. The Morgan fingerprint density at radius 3 is 2.82 bits per heavy atom. The molecule has 1 aliphatic rings. The number of nitrogens with one attached hydrogen (secondary N) is 1. The van der Waals surface area contributed by atoms with Gasteiger partial charge < -0.3 is 10.2 Å². The number of hydrogen-bond acceptors (Lipinski definition) is 3. The van der Waals surface area contributed by atoms with Crippen molar-refractivity contribution in [2.75, 3.05) is 26.2 Å². The maximum atomic E-state index is 4.17. The molecule has 1 aliphatic heterocycles. The predicted molar refractivity (Wildman–Crippen MR) is 69.8 cm³/mol. The smallest absolute Gasteiger partial charge is 0.0534 e. The molecule has 0 bridgehead atoms. The normalized spacial score (nSPS) is 18.7. The number of aromatic nitrogens is 2. The van der Waals surface area contributed by atoms with Crippen LogP contribution >= 0.6 is 0 Å². The van der Waals surface area contributed by atoms with Gasteiger partial charge >= 0.3 is 0 Å². The van der Waals surface area contributed by atoms with Crippen molar-refractivity contribution < 1.29 is 0 Å². The SMILES string of the molecule is CC(CNCc1cnn(C)c1)CN1CCCC1. The van der Waals surface area contributed by atoms with Crippen LogP contribution in [0.15, 0.2) is 12.4 Å². The van der Waals surface area contributed by atoms with Crippen LogP contribution in [0.5, 0.6) is 0 Å². The third-order valence-corrected chi connectivity index (χ3v) is 3.35. The highest BCUT2D eigenvalue weighted by molar-refractivity contribution is 5.02. The van der Waals surface area contributed by atoms with Crippen molar-refractivity contribution in [2.45, 2.75) is 26.3 Å². The molecule has 17 heavy (non-hydrogen) atoms. The molecule has 0 aliphatic carbocycles. The first kappa shape index (κ1) is 12.6. The monoisotopic (exact) mass is 236 g/mol. The first-order valence-corrected chi connectivity index (χ1v) is 6.64. The van der Waals surface area contributed by atoms with Crippen LogP contribution in [0.3, 0.4) is 0 Å². The summed E-state index contributed by atoms with van der Waals surface area (Å²) >= 11 is 0. The molecule has 1 aromatic heterocycles. The Morgan fingerprint density at radius 2 is 2.18 bits per heavy atom. The topological polar surface area (TPSA) is 33.1 Å². The Labute approximate surface area is 104 Å². The quantitative estimate of drug-likeness (QED) is 0.807. The number of rotatable bonds is 6. The molecular formula is C13H24N4. The Bertz CT molecular complexity index is 328. The maximum Gasteiger partial charge on any atom is 0.0534 e. The molecule has 1 atom stereocenters. The van der Waals surface area contributed by atoms with E-state index in [2.05, 4.69) is 28.4 Å². The molecule has 0 aromatic carbocycles. The minimum atomic E-state index is 0.727. The summed E-state index contributed by atoms with van der Waals surface area (Å²) in [6.07, 6.45) is 6.77. The Balaban J connectivity index is 1.60. The molecule has 1 N–H and O–H groups in total. The summed E-state index contributed by atoms with van der Waals surface area (Å²) in [6, 6.07) is 0. The van der Waals surface area contributed by atoms with Gasteiger partial charge in [-0.15, -0.1) is 0 Å². The van der Waals surface area contributed by atoms with Crippen LogP contribution in [0.4, 0.5) is 0 Å². The van der Waals surface area contributed by atoms with Crippen LogP contribution in [0.2, 0.25) is 0 Å². The van der Waals surface area contributed by atoms with E-state index in [4.69, 9.17) is 0 Å². The summed E-state index contributed by atoms with van der Waals surface area (Å²) < 4.78 is 1.85. The Kier molecular flexibility index (Phi) is 4.57. The van der Waals surface area contributed by atoms with Crippen LogP contribution < -0.4 is 5.32 Å². The summed E-state index contributed by atoms with van der Waals surface area (Å²) in [5, 5.41) is 7.67. The van der Waals surface area contributed by atoms with Crippen LogP contribution in [-0.2, 0) is 13.6 Å². The van der Waals surface area contributed by atoms with Crippen molar-refractivity contribution in [2.24, 2.45) is 13.0 Å². The van der Waals surface area contributed by atoms with Crippen molar-refractivity contribution in [3.05, 3.63) is 18.0 Å². The van der Waals surface area contributed by atoms with Gasteiger partial charge in [0.2, 0.25) is 0 Å². The highest BCUT2D eigenvalue weighted by atomic mass is 15.2. The molecule has 4 heteroatoms. The zero-order valence-corrected chi connectivity index (χ0v) is 11.0. The predicted octanol–water partition coefficient (Wildman–Crippen LogP) is 1.24. The molecule has 0 saturated carbocycles. The van der Waals surface area contributed by atoms with Crippen molar-refractivity contribution in [1.82, 2.24) is 20.0 Å². The van der Waals surface area contributed by atoms with E-state index >= 15 is 0 Å². The minimum absolute atomic E-state index is 0.727. The summed E-state index contributed by atoms with van der Waals surface area (Å²) in [4.78, 5) is 2.58. The number of nitrogens with zero attached hydrogens (tertiary/aromatic N) is 3. The van der Waals surface area contributed by atoms with Crippen molar-refractivity contribution in [3.63, 3.8) is 0 Å². The molecule has 4 nitrogen and oxygen atoms in total. The van der Waals surface area contributed by atoms with Gasteiger partial charge in [0.05, 0.1) is 6.20 Å². The standard InChI is InChI=1S/C13H24N4/c1-12(10-17-5-3-4-6-17)7-14-8-13-9-15-16(2)11-13/h9,11-12,14H,3-8,10H2,1-2H3. The van der Waals surface area contributed by atoms with Crippen molar-refractivity contribution in [1.29, 1.82) is 0 Å². The lowest BCUT2D eigenvalue weighted by molar-refractivity contribution is 0.282. The van der Waals surface area contributed by atoms with Crippen LogP contribution in [0.25, 0.3) is 0 Å². The maximum absolute atomic E-state index is 4.17. The molecule has 0 amide bonds. The average Bonchev–Trinajstić information content (AvgIpc) is 2.90. The van der Waals surface area contributed by atoms with Gasteiger partial charge in [0.25, 0.3) is 0 Å². The summed E-state index contributed by atoms with van der Waals surface area (Å²) in [5.41, 5.74) is 1.26. The van der Waals surface area contributed by atoms with E-state index in [1.54, 1.807) is 0 Å². The fraction of sp³-hybridized carbons (Fsp3) is 0.769. The van der Waals surface area contributed by atoms with E-state index in [9.17, 15) is 0 Å². The average molecular weight is 236 g/mol. The number of hydrogen-bond donors (Lipinski definition) is 1.